The van der Waals surface area contributed by atoms with Gasteiger partial charge < -0.3 is 0 Å². The van der Waals surface area contributed by atoms with Crippen LogP contribution in [0.3, 0.4) is 0 Å². The molecule has 0 saturated carbocycles. The maximum absolute atomic E-state index is 11.7. The minimum absolute atomic E-state index is 0.147. The fraction of sp³-hybridized carbons (Fsp3) is 0.947. The van der Waals surface area contributed by atoms with E-state index >= 15 is 0 Å². The van der Waals surface area contributed by atoms with Gasteiger partial charge in [0.25, 0.3) is 0 Å². The standard InChI is InChI=1S/C19H38O3/c1-7-8-9-10-11-12-13-14-15-17(20)21-22-19(5,6)16-18(2,3)4/h7-16H2,1-6H3. The Balaban J connectivity index is 3.61. The van der Waals surface area contributed by atoms with Crippen molar-refractivity contribution in [1.29, 1.82) is 0 Å². The first-order chi connectivity index (χ1) is 10.2. The van der Waals surface area contributed by atoms with E-state index in [1.165, 1.54) is 38.5 Å². The zero-order valence-corrected chi connectivity index (χ0v) is 15.8. The van der Waals surface area contributed by atoms with Crippen LogP contribution in [0.4, 0.5) is 0 Å². The van der Waals surface area contributed by atoms with Gasteiger partial charge in [-0.15, -0.1) is 0 Å². The number of carbonyl (C=O) groups is 1. The molecular weight excluding hydrogens is 276 g/mol. The summed E-state index contributed by atoms with van der Waals surface area (Å²) in [5, 5.41) is 0. The van der Waals surface area contributed by atoms with E-state index in [0.717, 1.165) is 19.3 Å². The second-order valence-electron chi connectivity index (χ2n) is 8.26. The highest BCUT2D eigenvalue weighted by molar-refractivity contribution is 5.68. The summed E-state index contributed by atoms with van der Waals surface area (Å²) >= 11 is 0. The van der Waals surface area contributed by atoms with Crippen LogP contribution in [0.5, 0.6) is 0 Å². The number of rotatable bonds is 12. The van der Waals surface area contributed by atoms with E-state index in [0.29, 0.717) is 6.42 Å². The van der Waals surface area contributed by atoms with Crippen LogP contribution in [-0.4, -0.2) is 11.6 Å². The van der Waals surface area contributed by atoms with Gasteiger partial charge in [-0.1, -0.05) is 72.6 Å². The molecular formula is C19H38O3. The van der Waals surface area contributed by atoms with Gasteiger partial charge >= 0.3 is 5.97 Å². The van der Waals surface area contributed by atoms with E-state index in [9.17, 15) is 4.79 Å². The van der Waals surface area contributed by atoms with Gasteiger partial charge in [0, 0.05) is 6.42 Å². The van der Waals surface area contributed by atoms with Crippen LogP contribution in [0, 0.1) is 5.41 Å². The largest absolute Gasteiger partial charge is 0.342 e. The van der Waals surface area contributed by atoms with Crippen molar-refractivity contribution in [3.05, 3.63) is 0 Å². The van der Waals surface area contributed by atoms with Crippen molar-refractivity contribution in [2.45, 2.75) is 111 Å². The van der Waals surface area contributed by atoms with Gasteiger partial charge in [-0.25, -0.2) is 4.79 Å². The van der Waals surface area contributed by atoms with E-state index in [1.807, 2.05) is 13.8 Å². The molecule has 0 aromatic rings. The normalized spacial score (nSPS) is 12.5. The Bertz CT molecular complexity index is 290. The summed E-state index contributed by atoms with van der Waals surface area (Å²) in [5.41, 5.74) is -0.291. The summed E-state index contributed by atoms with van der Waals surface area (Å²) < 4.78 is 0. The van der Waals surface area contributed by atoms with E-state index in [2.05, 4.69) is 27.7 Å². The number of hydrogen-bond acceptors (Lipinski definition) is 3. The number of carbonyl (C=O) groups excluding carboxylic acids is 1. The average Bonchev–Trinajstić information content (AvgIpc) is 2.37. The van der Waals surface area contributed by atoms with E-state index < -0.39 is 5.60 Å². The summed E-state index contributed by atoms with van der Waals surface area (Å²) in [7, 11) is 0. The van der Waals surface area contributed by atoms with Crippen LogP contribution in [-0.2, 0) is 14.6 Å². The molecule has 0 spiro atoms. The highest BCUT2D eigenvalue weighted by Gasteiger charge is 2.28. The lowest BCUT2D eigenvalue weighted by atomic mass is 9.84. The third-order valence-corrected chi connectivity index (χ3v) is 3.55. The monoisotopic (exact) mass is 314 g/mol. The van der Waals surface area contributed by atoms with Crippen LogP contribution in [0.15, 0.2) is 0 Å². The molecule has 0 unspecified atom stereocenters. The van der Waals surface area contributed by atoms with Crippen LogP contribution >= 0.6 is 0 Å². The first-order valence-electron chi connectivity index (χ1n) is 9.05. The van der Waals surface area contributed by atoms with Gasteiger partial charge in [0.1, 0.15) is 5.60 Å². The molecule has 0 rings (SSSR count). The van der Waals surface area contributed by atoms with Gasteiger partial charge in [0.15, 0.2) is 0 Å². The summed E-state index contributed by atoms with van der Waals surface area (Å²) in [4.78, 5) is 22.0. The van der Waals surface area contributed by atoms with Gasteiger partial charge in [0.05, 0.1) is 0 Å². The summed E-state index contributed by atoms with van der Waals surface area (Å²) in [6.45, 7) is 12.6. The Morgan fingerprint density at radius 2 is 1.32 bits per heavy atom. The molecule has 0 bridgehead atoms. The predicted molar refractivity (Wildman–Crippen MR) is 92.6 cm³/mol. The molecule has 0 atom stereocenters. The van der Waals surface area contributed by atoms with Gasteiger partial charge in [0.2, 0.25) is 0 Å². The van der Waals surface area contributed by atoms with Crippen molar-refractivity contribution in [3.8, 4) is 0 Å². The van der Waals surface area contributed by atoms with Crippen LogP contribution in [0.1, 0.15) is 106 Å². The minimum atomic E-state index is -0.437. The Morgan fingerprint density at radius 1 is 0.818 bits per heavy atom. The number of hydrogen-bond donors (Lipinski definition) is 0. The van der Waals surface area contributed by atoms with Gasteiger partial charge in [-0.3, -0.25) is 4.89 Å². The molecule has 0 aliphatic carbocycles. The molecule has 22 heavy (non-hydrogen) atoms. The Labute approximate surface area is 138 Å². The molecule has 0 aromatic heterocycles. The van der Waals surface area contributed by atoms with E-state index in [1.54, 1.807) is 0 Å². The maximum atomic E-state index is 11.7. The molecule has 0 fully saturated rings. The average molecular weight is 315 g/mol. The van der Waals surface area contributed by atoms with Crippen LogP contribution < -0.4 is 0 Å². The van der Waals surface area contributed by atoms with Gasteiger partial charge in [-0.05, 0) is 32.1 Å². The van der Waals surface area contributed by atoms with Crippen LogP contribution in [0.2, 0.25) is 0 Å². The summed E-state index contributed by atoms with van der Waals surface area (Å²) in [5.74, 6) is -0.243. The molecule has 0 heterocycles. The Hall–Kier alpha value is -0.570. The molecule has 3 heteroatoms. The fourth-order valence-corrected chi connectivity index (χ4v) is 2.91. The highest BCUT2D eigenvalue weighted by Crippen LogP contribution is 2.29. The zero-order valence-electron chi connectivity index (χ0n) is 15.8. The molecule has 0 N–H and O–H groups in total. The molecule has 0 aromatic carbocycles. The third kappa shape index (κ3) is 14.4. The smallest absolute Gasteiger partial charge is 0.298 e. The first-order valence-corrected chi connectivity index (χ1v) is 9.05. The number of unbranched alkanes of at least 4 members (excludes halogenated alkanes) is 7. The summed E-state index contributed by atoms with van der Waals surface area (Å²) in [6, 6.07) is 0. The van der Waals surface area contributed by atoms with Crippen molar-refractivity contribution in [2.75, 3.05) is 0 Å². The first kappa shape index (κ1) is 21.4. The summed E-state index contributed by atoms with van der Waals surface area (Å²) in [6.07, 6.45) is 11.1. The van der Waals surface area contributed by atoms with Crippen molar-refractivity contribution < 1.29 is 14.6 Å². The van der Waals surface area contributed by atoms with Gasteiger partial charge in [-0.2, -0.15) is 4.89 Å². The highest BCUT2D eigenvalue weighted by atomic mass is 17.2. The van der Waals surface area contributed by atoms with E-state index in [4.69, 9.17) is 9.78 Å². The molecule has 0 radical (unpaired) electrons. The molecule has 0 aliphatic heterocycles. The molecule has 3 nitrogen and oxygen atoms in total. The quantitative estimate of drug-likeness (QED) is 0.244. The van der Waals surface area contributed by atoms with Crippen molar-refractivity contribution in [2.24, 2.45) is 5.41 Å². The molecule has 0 saturated heterocycles. The lowest BCUT2D eigenvalue weighted by Gasteiger charge is -2.30. The van der Waals surface area contributed by atoms with Crippen LogP contribution in [0.25, 0.3) is 0 Å². The fourth-order valence-electron chi connectivity index (χ4n) is 2.91. The lowest BCUT2D eigenvalue weighted by Crippen LogP contribution is -2.31. The topological polar surface area (TPSA) is 35.5 Å². The lowest BCUT2D eigenvalue weighted by molar-refractivity contribution is -0.329. The second-order valence-corrected chi connectivity index (χ2v) is 8.26. The zero-order chi connectivity index (χ0) is 17.1. The molecule has 0 amide bonds. The van der Waals surface area contributed by atoms with Crippen molar-refractivity contribution >= 4 is 5.97 Å². The molecule has 132 valence electrons. The van der Waals surface area contributed by atoms with Crippen molar-refractivity contribution in [1.82, 2.24) is 0 Å². The van der Waals surface area contributed by atoms with Crippen molar-refractivity contribution in [3.63, 3.8) is 0 Å². The second kappa shape index (κ2) is 11.0. The SMILES string of the molecule is CCCCCCCCCCC(=O)OOC(C)(C)CC(C)(C)C. The predicted octanol–water partition coefficient (Wildman–Crippen LogP) is 6.21. The minimum Gasteiger partial charge on any atom is -0.298 e. The van der Waals surface area contributed by atoms with E-state index in [-0.39, 0.29) is 11.4 Å². The third-order valence-electron chi connectivity index (χ3n) is 3.55. The Kier molecular flexibility index (Phi) is 10.8. The Morgan fingerprint density at radius 3 is 1.82 bits per heavy atom. The molecule has 0 aliphatic rings. The maximum Gasteiger partial charge on any atom is 0.342 e.